The van der Waals surface area contributed by atoms with Crippen LogP contribution < -0.4 is 5.32 Å². The molecule has 1 aromatic carbocycles. The lowest BCUT2D eigenvalue weighted by molar-refractivity contribution is 0.129. The summed E-state index contributed by atoms with van der Waals surface area (Å²) in [6.45, 7) is 3.02. The molecule has 1 saturated heterocycles. The van der Waals surface area contributed by atoms with Crippen LogP contribution in [0.5, 0.6) is 0 Å². The van der Waals surface area contributed by atoms with Gasteiger partial charge in [0.2, 0.25) is 0 Å². The largest absolute Gasteiger partial charge is 0.395 e. The zero-order valence-corrected chi connectivity index (χ0v) is 15.1. The summed E-state index contributed by atoms with van der Waals surface area (Å²) < 4.78 is 0. The van der Waals surface area contributed by atoms with Gasteiger partial charge in [0.25, 0.3) is 0 Å². The third kappa shape index (κ3) is 5.19. The Labute approximate surface area is 151 Å². The Balaban J connectivity index is 1.54. The lowest BCUT2D eigenvalue weighted by atomic mass is 10.0. The van der Waals surface area contributed by atoms with E-state index in [1.54, 1.807) is 4.90 Å². The first-order chi connectivity index (χ1) is 12.3. The minimum absolute atomic E-state index is 0.0148. The van der Waals surface area contributed by atoms with Gasteiger partial charge in [-0.3, -0.25) is 4.90 Å². The van der Waals surface area contributed by atoms with Crippen LogP contribution in [0.25, 0.3) is 0 Å². The average molecular weight is 345 g/mol. The van der Waals surface area contributed by atoms with Crippen molar-refractivity contribution in [2.75, 3.05) is 26.2 Å². The lowest BCUT2D eigenvalue weighted by Gasteiger charge is -2.37. The summed E-state index contributed by atoms with van der Waals surface area (Å²) in [5.74, 6) is 0. The van der Waals surface area contributed by atoms with E-state index in [0.717, 1.165) is 31.0 Å². The van der Waals surface area contributed by atoms with Crippen LogP contribution in [0.15, 0.2) is 30.3 Å². The Hall–Kier alpha value is -1.59. The minimum Gasteiger partial charge on any atom is -0.395 e. The standard InChI is InChI=1S/C20H31N3O2/c24-14-13-23(15-17-7-2-1-3-8-17)20(25)21-18-9-6-12-22(16-18)19-10-4-5-11-19/h1-3,7-8,18-19,24H,4-6,9-16H2,(H,21,25)/t18-/m0/s1. The first-order valence-corrected chi connectivity index (χ1v) is 9.70. The molecule has 3 rings (SSSR count). The van der Waals surface area contributed by atoms with Gasteiger partial charge in [-0.25, -0.2) is 4.79 Å². The molecule has 0 aromatic heterocycles. The molecular weight excluding hydrogens is 314 g/mol. The Morgan fingerprint density at radius 1 is 1.16 bits per heavy atom. The SMILES string of the molecule is O=C(N[C@H]1CCCN(C2CCCC2)C1)N(CCO)Cc1ccccc1. The lowest BCUT2D eigenvalue weighted by Crippen LogP contribution is -2.53. The molecule has 1 saturated carbocycles. The van der Waals surface area contributed by atoms with E-state index in [1.807, 2.05) is 30.3 Å². The van der Waals surface area contributed by atoms with Crippen molar-refractivity contribution in [1.82, 2.24) is 15.1 Å². The van der Waals surface area contributed by atoms with E-state index in [2.05, 4.69) is 10.2 Å². The van der Waals surface area contributed by atoms with Gasteiger partial charge in [-0.15, -0.1) is 0 Å². The van der Waals surface area contributed by atoms with Crippen molar-refractivity contribution in [3.05, 3.63) is 35.9 Å². The Morgan fingerprint density at radius 3 is 2.64 bits per heavy atom. The van der Waals surface area contributed by atoms with Crippen LogP contribution in [-0.4, -0.2) is 59.3 Å². The number of nitrogens with zero attached hydrogens (tertiary/aromatic N) is 2. The van der Waals surface area contributed by atoms with Gasteiger partial charge >= 0.3 is 6.03 Å². The number of carbonyl (C=O) groups excluding carboxylic acids is 1. The molecular formula is C20H31N3O2. The van der Waals surface area contributed by atoms with Crippen LogP contribution in [0.3, 0.4) is 0 Å². The number of benzene rings is 1. The molecule has 0 spiro atoms. The normalized spacial score (nSPS) is 22.0. The Morgan fingerprint density at radius 2 is 1.92 bits per heavy atom. The van der Waals surface area contributed by atoms with Gasteiger partial charge in [0.05, 0.1) is 6.61 Å². The number of amides is 2. The van der Waals surface area contributed by atoms with Crippen molar-refractivity contribution in [3.8, 4) is 0 Å². The molecule has 0 unspecified atom stereocenters. The van der Waals surface area contributed by atoms with E-state index in [1.165, 1.54) is 32.2 Å². The molecule has 2 N–H and O–H groups in total. The Bertz CT molecular complexity index is 531. The van der Waals surface area contributed by atoms with E-state index in [-0.39, 0.29) is 18.7 Å². The molecule has 2 amide bonds. The van der Waals surface area contributed by atoms with Crippen molar-refractivity contribution in [2.45, 2.75) is 57.2 Å². The number of rotatable bonds is 6. The van der Waals surface area contributed by atoms with E-state index >= 15 is 0 Å². The summed E-state index contributed by atoms with van der Waals surface area (Å²) in [6, 6.07) is 10.8. The van der Waals surface area contributed by atoms with Crippen LogP contribution in [0.1, 0.15) is 44.1 Å². The van der Waals surface area contributed by atoms with E-state index in [9.17, 15) is 9.90 Å². The summed E-state index contributed by atoms with van der Waals surface area (Å²) in [6.07, 6.45) is 7.52. The minimum atomic E-state index is -0.0591. The number of aliphatic hydroxyl groups excluding tert-OH is 1. The number of aliphatic hydroxyl groups is 1. The number of piperidine rings is 1. The van der Waals surface area contributed by atoms with Gasteiger partial charge < -0.3 is 15.3 Å². The number of likely N-dealkylation sites (tertiary alicyclic amines) is 1. The third-order valence-corrected chi connectivity index (χ3v) is 5.49. The number of carbonyl (C=O) groups is 1. The van der Waals surface area contributed by atoms with Gasteiger partial charge in [-0.2, -0.15) is 0 Å². The molecule has 1 aliphatic carbocycles. The smallest absolute Gasteiger partial charge is 0.318 e. The number of urea groups is 1. The second kappa shape index (κ2) is 9.20. The van der Waals surface area contributed by atoms with E-state index in [4.69, 9.17) is 0 Å². The van der Waals surface area contributed by atoms with Crippen molar-refractivity contribution < 1.29 is 9.90 Å². The number of nitrogens with one attached hydrogen (secondary N) is 1. The van der Waals surface area contributed by atoms with E-state index < -0.39 is 0 Å². The van der Waals surface area contributed by atoms with Gasteiger partial charge in [-0.05, 0) is 37.8 Å². The van der Waals surface area contributed by atoms with Crippen LogP contribution in [0.2, 0.25) is 0 Å². The maximum atomic E-state index is 12.7. The van der Waals surface area contributed by atoms with Crippen molar-refractivity contribution in [3.63, 3.8) is 0 Å². The van der Waals surface area contributed by atoms with Crippen molar-refractivity contribution in [2.24, 2.45) is 0 Å². The molecule has 2 aliphatic rings. The predicted molar refractivity (Wildman–Crippen MR) is 99.3 cm³/mol. The van der Waals surface area contributed by atoms with Crippen LogP contribution in [0.4, 0.5) is 4.79 Å². The fourth-order valence-electron chi connectivity index (χ4n) is 4.17. The fourth-order valence-corrected chi connectivity index (χ4v) is 4.17. The van der Waals surface area contributed by atoms with Crippen molar-refractivity contribution in [1.29, 1.82) is 0 Å². The summed E-state index contributed by atoms with van der Waals surface area (Å²) >= 11 is 0. The second-order valence-corrected chi connectivity index (χ2v) is 7.35. The van der Waals surface area contributed by atoms with Crippen molar-refractivity contribution >= 4 is 6.03 Å². The maximum absolute atomic E-state index is 12.7. The topological polar surface area (TPSA) is 55.8 Å². The van der Waals surface area contributed by atoms with Gasteiger partial charge in [0.1, 0.15) is 0 Å². The Kier molecular flexibility index (Phi) is 6.70. The van der Waals surface area contributed by atoms with Crippen LogP contribution in [-0.2, 0) is 6.54 Å². The third-order valence-electron chi connectivity index (χ3n) is 5.49. The zero-order chi connectivity index (χ0) is 17.5. The van der Waals surface area contributed by atoms with E-state index in [0.29, 0.717) is 13.1 Å². The molecule has 0 bridgehead atoms. The summed E-state index contributed by atoms with van der Waals surface area (Å²) in [5.41, 5.74) is 1.09. The molecule has 5 nitrogen and oxygen atoms in total. The molecule has 1 aromatic rings. The first-order valence-electron chi connectivity index (χ1n) is 9.70. The highest BCUT2D eigenvalue weighted by Gasteiger charge is 2.29. The molecule has 1 aliphatic heterocycles. The van der Waals surface area contributed by atoms with Gasteiger partial charge in [-0.1, -0.05) is 43.2 Å². The van der Waals surface area contributed by atoms with Gasteiger partial charge in [0, 0.05) is 31.7 Å². The monoisotopic (exact) mass is 345 g/mol. The quantitative estimate of drug-likeness (QED) is 0.833. The highest BCUT2D eigenvalue weighted by Crippen LogP contribution is 2.26. The number of hydrogen-bond donors (Lipinski definition) is 2. The molecule has 25 heavy (non-hydrogen) atoms. The second-order valence-electron chi connectivity index (χ2n) is 7.35. The number of hydrogen-bond acceptors (Lipinski definition) is 3. The molecule has 1 atom stereocenters. The highest BCUT2D eigenvalue weighted by atomic mass is 16.3. The first kappa shape index (κ1) is 18.2. The summed E-state index contributed by atoms with van der Waals surface area (Å²) in [4.78, 5) is 17.0. The molecule has 0 radical (unpaired) electrons. The average Bonchev–Trinajstić information content (AvgIpc) is 3.17. The van der Waals surface area contributed by atoms with Crippen LogP contribution in [0, 0.1) is 0 Å². The predicted octanol–water partition coefficient (Wildman–Crippen LogP) is 2.60. The fraction of sp³-hybridized carbons (Fsp3) is 0.650. The van der Waals surface area contributed by atoms with Gasteiger partial charge in [0.15, 0.2) is 0 Å². The summed E-state index contributed by atoms with van der Waals surface area (Å²) in [5, 5.41) is 12.5. The van der Waals surface area contributed by atoms with Crippen LogP contribution >= 0.6 is 0 Å². The summed E-state index contributed by atoms with van der Waals surface area (Å²) in [7, 11) is 0. The zero-order valence-electron chi connectivity index (χ0n) is 15.1. The highest BCUT2D eigenvalue weighted by molar-refractivity contribution is 5.74. The molecule has 138 valence electrons. The molecule has 2 fully saturated rings. The molecule has 1 heterocycles. The molecule has 5 heteroatoms. The maximum Gasteiger partial charge on any atom is 0.318 e.